The molecule has 0 unspecified atom stereocenters. The van der Waals surface area contributed by atoms with Crippen molar-refractivity contribution in [1.82, 2.24) is 15.2 Å². The van der Waals surface area contributed by atoms with Crippen LogP contribution < -0.4 is 5.32 Å². The van der Waals surface area contributed by atoms with E-state index < -0.39 is 0 Å². The highest BCUT2D eigenvalue weighted by molar-refractivity contribution is 5.86. The van der Waals surface area contributed by atoms with E-state index in [1.807, 2.05) is 18.2 Å². The number of anilines is 1. The maximum Gasteiger partial charge on any atom is 0.158 e. The van der Waals surface area contributed by atoms with Gasteiger partial charge in [0.2, 0.25) is 0 Å². The minimum absolute atomic E-state index is 0.789. The lowest BCUT2D eigenvalue weighted by Gasteiger charge is -2.10. The highest BCUT2D eigenvalue weighted by atomic mass is 16.6. The van der Waals surface area contributed by atoms with Gasteiger partial charge >= 0.3 is 0 Å². The molecule has 0 fully saturated rings. The Bertz CT molecular complexity index is 452. The predicted octanol–water partition coefficient (Wildman–Crippen LogP) is 1.59. The number of hydrogen-bond acceptors (Lipinski definition) is 5. The Morgan fingerprint density at radius 3 is 3.00 bits per heavy atom. The number of fused-ring (bicyclic) bond motifs is 1. The lowest BCUT2D eigenvalue weighted by Crippen LogP contribution is -2.16. The van der Waals surface area contributed by atoms with Crippen LogP contribution in [0.3, 0.4) is 0 Å². The van der Waals surface area contributed by atoms with E-state index in [0.29, 0.717) is 0 Å². The standard InChI is InChI=1S/C11H16N4O/c1-15(2)8-4-7-12-9-5-3-6-10-11(9)14-16-13-10/h3,5-6,12H,4,7-8H2,1-2H3. The van der Waals surface area contributed by atoms with Crippen LogP contribution in [0.2, 0.25) is 0 Å². The molecule has 1 aromatic heterocycles. The van der Waals surface area contributed by atoms with Gasteiger partial charge in [-0.25, -0.2) is 4.63 Å². The summed E-state index contributed by atoms with van der Waals surface area (Å²) >= 11 is 0. The van der Waals surface area contributed by atoms with Crippen molar-refractivity contribution in [1.29, 1.82) is 0 Å². The molecule has 0 aliphatic carbocycles. The summed E-state index contributed by atoms with van der Waals surface area (Å²) in [5.41, 5.74) is 2.57. The van der Waals surface area contributed by atoms with Crippen molar-refractivity contribution in [2.75, 3.05) is 32.5 Å². The smallest absolute Gasteiger partial charge is 0.158 e. The Labute approximate surface area is 94.4 Å². The first-order valence-corrected chi connectivity index (χ1v) is 5.37. The van der Waals surface area contributed by atoms with Gasteiger partial charge in [-0.2, -0.15) is 0 Å². The van der Waals surface area contributed by atoms with Crippen molar-refractivity contribution in [3.63, 3.8) is 0 Å². The second-order valence-corrected chi connectivity index (χ2v) is 4.02. The zero-order valence-electron chi connectivity index (χ0n) is 9.60. The van der Waals surface area contributed by atoms with Crippen molar-refractivity contribution in [2.45, 2.75) is 6.42 Å². The van der Waals surface area contributed by atoms with Gasteiger partial charge in [-0.1, -0.05) is 6.07 Å². The highest BCUT2D eigenvalue weighted by Crippen LogP contribution is 2.19. The Hall–Kier alpha value is -1.62. The van der Waals surface area contributed by atoms with Crippen LogP contribution in [0.15, 0.2) is 22.8 Å². The number of hydrogen-bond donors (Lipinski definition) is 1. The molecule has 0 saturated carbocycles. The lowest BCUT2D eigenvalue weighted by molar-refractivity contribution is 0.315. The van der Waals surface area contributed by atoms with E-state index in [-0.39, 0.29) is 0 Å². The van der Waals surface area contributed by atoms with E-state index in [2.05, 4.69) is 34.6 Å². The van der Waals surface area contributed by atoms with Crippen molar-refractivity contribution in [3.05, 3.63) is 18.2 Å². The zero-order chi connectivity index (χ0) is 11.4. The average molecular weight is 220 g/mol. The van der Waals surface area contributed by atoms with Crippen molar-refractivity contribution >= 4 is 16.7 Å². The topological polar surface area (TPSA) is 54.2 Å². The van der Waals surface area contributed by atoms with E-state index in [9.17, 15) is 0 Å². The SMILES string of the molecule is CN(C)CCCNc1cccc2nonc12. The molecule has 0 amide bonds. The molecule has 16 heavy (non-hydrogen) atoms. The van der Waals surface area contributed by atoms with Crippen LogP contribution >= 0.6 is 0 Å². The molecular formula is C11H16N4O. The van der Waals surface area contributed by atoms with Gasteiger partial charge in [0.25, 0.3) is 0 Å². The monoisotopic (exact) mass is 220 g/mol. The summed E-state index contributed by atoms with van der Waals surface area (Å²) in [6.45, 7) is 1.99. The van der Waals surface area contributed by atoms with Gasteiger partial charge in [0.1, 0.15) is 5.52 Å². The molecule has 2 rings (SSSR count). The summed E-state index contributed by atoms with van der Waals surface area (Å²) in [5, 5.41) is 11.0. The second-order valence-electron chi connectivity index (χ2n) is 4.02. The molecular weight excluding hydrogens is 204 g/mol. The Morgan fingerprint density at radius 2 is 2.19 bits per heavy atom. The predicted molar refractivity (Wildman–Crippen MR) is 63.5 cm³/mol. The molecule has 0 spiro atoms. The number of benzene rings is 1. The van der Waals surface area contributed by atoms with E-state index in [1.165, 1.54) is 0 Å². The summed E-state index contributed by atoms with van der Waals surface area (Å²) in [6, 6.07) is 5.82. The third-order valence-corrected chi connectivity index (χ3v) is 2.38. The van der Waals surface area contributed by atoms with Crippen LogP contribution in [0.25, 0.3) is 11.0 Å². The largest absolute Gasteiger partial charge is 0.383 e. The first kappa shape index (κ1) is 10.9. The second kappa shape index (κ2) is 4.94. The summed E-state index contributed by atoms with van der Waals surface area (Å²) in [7, 11) is 4.14. The maximum absolute atomic E-state index is 4.70. The first-order chi connectivity index (χ1) is 7.77. The van der Waals surface area contributed by atoms with Crippen molar-refractivity contribution in [3.8, 4) is 0 Å². The van der Waals surface area contributed by atoms with Gasteiger partial charge < -0.3 is 10.2 Å². The first-order valence-electron chi connectivity index (χ1n) is 5.37. The quantitative estimate of drug-likeness (QED) is 0.775. The van der Waals surface area contributed by atoms with Gasteiger partial charge in [0.15, 0.2) is 5.52 Å². The minimum Gasteiger partial charge on any atom is -0.383 e. The van der Waals surface area contributed by atoms with Gasteiger partial charge in [-0.3, -0.25) is 0 Å². The molecule has 0 saturated heterocycles. The van der Waals surface area contributed by atoms with Crippen LogP contribution in [0.5, 0.6) is 0 Å². The van der Waals surface area contributed by atoms with E-state index in [0.717, 1.165) is 36.2 Å². The lowest BCUT2D eigenvalue weighted by atomic mass is 10.2. The van der Waals surface area contributed by atoms with Gasteiger partial charge in [-0.05, 0) is 49.5 Å². The van der Waals surface area contributed by atoms with Gasteiger partial charge in [0, 0.05) is 6.54 Å². The third kappa shape index (κ3) is 2.49. The summed E-state index contributed by atoms with van der Waals surface area (Å²) in [4.78, 5) is 2.17. The third-order valence-electron chi connectivity index (χ3n) is 2.38. The molecule has 2 aromatic rings. The number of nitrogens with one attached hydrogen (secondary N) is 1. The fourth-order valence-electron chi connectivity index (χ4n) is 1.57. The maximum atomic E-state index is 4.70. The Balaban J connectivity index is 1.96. The fraction of sp³-hybridized carbons (Fsp3) is 0.455. The molecule has 0 aliphatic heterocycles. The van der Waals surface area contributed by atoms with E-state index in [4.69, 9.17) is 4.63 Å². The zero-order valence-corrected chi connectivity index (χ0v) is 9.60. The van der Waals surface area contributed by atoms with Gasteiger partial charge in [0.05, 0.1) is 5.69 Å². The molecule has 5 heteroatoms. The summed E-state index contributed by atoms with van der Waals surface area (Å²) in [5.74, 6) is 0. The van der Waals surface area contributed by atoms with Gasteiger partial charge in [-0.15, -0.1) is 0 Å². The minimum atomic E-state index is 0.789. The molecule has 0 aliphatic rings. The number of aromatic nitrogens is 2. The molecule has 0 bridgehead atoms. The molecule has 5 nitrogen and oxygen atoms in total. The normalized spacial score (nSPS) is 11.2. The van der Waals surface area contributed by atoms with Crippen LogP contribution in [-0.2, 0) is 0 Å². The summed E-state index contributed by atoms with van der Waals surface area (Å²) < 4.78 is 4.70. The summed E-state index contributed by atoms with van der Waals surface area (Å²) in [6.07, 6.45) is 1.09. The van der Waals surface area contributed by atoms with E-state index >= 15 is 0 Å². The van der Waals surface area contributed by atoms with Crippen molar-refractivity contribution in [2.24, 2.45) is 0 Å². The molecule has 1 N–H and O–H groups in total. The molecule has 86 valence electrons. The molecule has 0 radical (unpaired) electrons. The van der Waals surface area contributed by atoms with Crippen LogP contribution in [-0.4, -0.2) is 42.4 Å². The number of nitrogens with zero attached hydrogens (tertiary/aromatic N) is 3. The highest BCUT2D eigenvalue weighted by Gasteiger charge is 2.04. The van der Waals surface area contributed by atoms with E-state index in [1.54, 1.807) is 0 Å². The van der Waals surface area contributed by atoms with Crippen LogP contribution in [0.1, 0.15) is 6.42 Å². The molecule has 0 atom stereocenters. The average Bonchev–Trinajstić information content (AvgIpc) is 2.72. The van der Waals surface area contributed by atoms with Crippen molar-refractivity contribution < 1.29 is 4.63 Å². The Kier molecular flexibility index (Phi) is 3.36. The Morgan fingerprint density at radius 1 is 1.31 bits per heavy atom. The van der Waals surface area contributed by atoms with Crippen LogP contribution in [0.4, 0.5) is 5.69 Å². The molecule has 1 heterocycles. The fourth-order valence-corrected chi connectivity index (χ4v) is 1.57. The molecule has 1 aromatic carbocycles. The number of rotatable bonds is 5. The van der Waals surface area contributed by atoms with Crippen LogP contribution in [0, 0.1) is 0 Å².